The van der Waals surface area contributed by atoms with Crippen LogP contribution in [0.15, 0.2) is 0 Å². The molecular weight excluding hydrogens is 164 g/mol. The highest BCUT2D eigenvalue weighted by Crippen LogP contribution is 2.20. The molecule has 0 rings (SSSR count). The van der Waals surface area contributed by atoms with Crippen LogP contribution in [0.4, 0.5) is 0 Å². The Morgan fingerprint density at radius 1 is 1.23 bits per heavy atom. The summed E-state index contributed by atoms with van der Waals surface area (Å²) in [6.07, 6.45) is 5.52. The zero-order valence-corrected chi connectivity index (χ0v) is 9.05. The number of hydrogen-bond acceptors (Lipinski definition) is 1. The van der Waals surface area contributed by atoms with Gasteiger partial charge in [0.15, 0.2) is 0 Å². The van der Waals surface area contributed by atoms with Gasteiger partial charge >= 0.3 is 5.97 Å². The first-order valence-electron chi connectivity index (χ1n) is 5.34. The molecule has 0 aromatic carbocycles. The van der Waals surface area contributed by atoms with Crippen molar-refractivity contribution >= 4 is 5.97 Å². The fraction of sp³-hybridized carbons (Fsp3) is 0.909. The molecular formula is C11H22O2. The van der Waals surface area contributed by atoms with Gasteiger partial charge in [-0.2, -0.15) is 0 Å². The number of hydrogen-bond donors (Lipinski definition) is 1. The summed E-state index contributed by atoms with van der Waals surface area (Å²) in [6, 6.07) is 0. The molecule has 0 saturated carbocycles. The van der Waals surface area contributed by atoms with Crippen molar-refractivity contribution < 1.29 is 9.90 Å². The molecule has 78 valence electrons. The van der Waals surface area contributed by atoms with Crippen LogP contribution in [0.25, 0.3) is 0 Å². The first-order valence-corrected chi connectivity index (χ1v) is 5.34. The Kier molecular flexibility index (Phi) is 6.65. The SMILES string of the molecule is CCC[C@H](CC)CCC(C)C(=O)O. The lowest BCUT2D eigenvalue weighted by Crippen LogP contribution is -2.11. The van der Waals surface area contributed by atoms with Crippen molar-refractivity contribution in [2.75, 3.05) is 0 Å². The maximum atomic E-state index is 10.6. The topological polar surface area (TPSA) is 37.3 Å². The average Bonchev–Trinajstić information content (AvgIpc) is 2.11. The van der Waals surface area contributed by atoms with Crippen LogP contribution in [-0.4, -0.2) is 11.1 Å². The highest BCUT2D eigenvalue weighted by molar-refractivity contribution is 5.69. The third kappa shape index (κ3) is 5.67. The summed E-state index contributed by atoms with van der Waals surface area (Å²) in [7, 11) is 0. The largest absolute Gasteiger partial charge is 0.481 e. The molecule has 0 aliphatic carbocycles. The predicted molar refractivity (Wildman–Crippen MR) is 54.7 cm³/mol. The third-order valence-corrected chi connectivity index (χ3v) is 2.70. The van der Waals surface area contributed by atoms with Crippen LogP contribution in [0.2, 0.25) is 0 Å². The molecule has 0 radical (unpaired) electrons. The fourth-order valence-corrected chi connectivity index (χ4v) is 1.57. The quantitative estimate of drug-likeness (QED) is 0.662. The van der Waals surface area contributed by atoms with Crippen LogP contribution >= 0.6 is 0 Å². The number of carboxylic acids is 1. The molecule has 2 atom stereocenters. The van der Waals surface area contributed by atoms with Crippen molar-refractivity contribution in [3.8, 4) is 0 Å². The molecule has 0 saturated heterocycles. The predicted octanol–water partition coefficient (Wildman–Crippen LogP) is 3.31. The van der Waals surface area contributed by atoms with Crippen LogP contribution in [0, 0.1) is 11.8 Å². The van der Waals surface area contributed by atoms with Crippen molar-refractivity contribution in [1.82, 2.24) is 0 Å². The van der Waals surface area contributed by atoms with E-state index >= 15 is 0 Å². The molecule has 0 amide bonds. The Labute approximate surface area is 81.3 Å². The van der Waals surface area contributed by atoms with Gasteiger partial charge < -0.3 is 5.11 Å². The zero-order chi connectivity index (χ0) is 10.3. The molecule has 2 nitrogen and oxygen atoms in total. The molecule has 0 aromatic heterocycles. The van der Waals surface area contributed by atoms with Crippen molar-refractivity contribution in [3.05, 3.63) is 0 Å². The molecule has 2 heteroatoms. The van der Waals surface area contributed by atoms with Gasteiger partial charge in [0.05, 0.1) is 5.92 Å². The molecule has 1 N–H and O–H groups in total. The molecule has 0 aliphatic heterocycles. The van der Waals surface area contributed by atoms with Gasteiger partial charge in [-0.05, 0) is 18.8 Å². The van der Waals surface area contributed by atoms with E-state index in [0.717, 1.165) is 18.8 Å². The summed E-state index contributed by atoms with van der Waals surface area (Å²) < 4.78 is 0. The van der Waals surface area contributed by atoms with Crippen LogP contribution in [0.1, 0.15) is 52.9 Å². The monoisotopic (exact) mass is 186 g/mol. The van der Waals surface area contributed by atoms with Crippen LogP contribution in [0.3, 0.4) is 0 Å². The average molecular weight is 186 g/mol. The fourth-order valence-electron chi connectivity index (χ4n) is 1.57. The van der Waals surface area contributed by atoms with Crippen molar-refractivity contribution in [3.63, 3.8) is 0 Å². The first-order chi connectivity index (χ1) is 6.11. The van der Waals surface area contributed by atoms with Gasteiger partial charge in [-0.25, -0.2) is 0 Å². The Morgan fingerprint density at radius 3 is 2.23 bits per heavy atom. The van der Waals surface area contributed by atoms with Crippen molar-refractivity contribution in [2.24, 2.45) is 11.8 Å². The van der Waals surface area contributed by atoms with Gasteiger partial charge in [-0.15, -0.1) is 0 Å². The van der Waals surface area contributed by atoms with Gasteiger partial charge in [-0.1, -0.05) is 40.0 Å². The first kappa shape index (κ1) is 12.5. The summed E-state index contributed by atoms with van der Waals surface area (Å²) in [5, 5.41) is 8.70. The number of carboxylic acid groups (broad SMARTS) is 1. The Balaban J connectivity index is 3.64. The highest BCUT2D eigenvalue weighted by atomic mass is 16.4. The Morgan fingerprint density at radius 2 is 1.85 bits per heavy atom. The van der Waals surface area contributed by atoms with E-state index in [0.29, 0.717) is 0 Å². The minimum atomic E-state index is -0.661. The number of aliphatic carboxylic acids is 1. The Bertz CT molecular complexity index is 143. The molecule has 0 spiro atoms. The summed E-state index contributed by atoms with van der Waals surface area (Å²) in [4.78, 5) is 10.6. The second-order valence-corrected chi connectivity index (χ2v) is 3.88. The van der Waals surface area contributed by atoms with Gasteiger partial charge in [0.25, 0.3) is 0 Å². The molecule has 1 unspecified atom stereocenters. The molecule has 0 aliphatic rings. The third-order valence-electron chi connectivity index (χ3n) is 2.70. The van der Waals surface area contributed by atoms with Gasteiger partial charge in [-0.3, -0.25) is 4.79 Å². The molecule has 13 heavy (non-hydrogen) atoms. The van der Waals surface area contributed by atoms with E-state index < -0.39 is 5.97 Å². The minimum Gasteiger partial charge on any atom is -0.481 e. The van der Waals surface area contributed by atoms with E-state index in [1.807, 2.05) is 0 Å². The van der Waals surface area contributed by atoms with Crippen LogP contribution in [0.5, 0.6) is 0 Å². The maximum absolute atomic E-state index is 10.6. The van der Waals surface area contributed by atoms with Crippen molar-refractivity contribution in [1.29, 1.82) is 0 Å². The van der Waals surface area contributed by atoms with Crippen molar-refractivity contribution in [2.45, 2.75) is 52.9 Å². The maximum Gasteiger partial charge on any atom is 0.306 e. The van der Waals surface area contributed by atoms with Crippen LogP contribution in [-0.2, 0) is 4.79 Å². The lowest BCUT2D eigenvalue weighted by atomic mass is 9.91. The lowest BCUT2D eigenvalue weighted by Gasteiger charge is -2.14. The smallest absolute Gasteiger partial charge is 0.306 e. The van der Waals surface area contributed by atoms with E-state index in [1.54, 1.807) is 6.92 Å². The molecule has 0 aromatic rings. The highest BCUT2D eigenvalue weighted by Gasteiger charge is 2.13. The molecule has 0 bridgehead atoms. The minimum absolute atomic E-state index is 0.175. The second kappa shape index (κ2) is 6.93. The lowest BCUT2D eigenvalue weighted by molar-refractivity contribution is -0.141. The van der Waals surface area contributed by atoms with Crippen LogP contribution < -0.4 is 0 Å². The van der Waals surface area contributed by atoms with Gasteiger partial charge in [0.2, 0.25) is 0 Å². The summed E-state index contributed by atoms with van der Waals surface area (Å²) >= 11 is 0. The van der Waals surface area contributed by atoms with E-state index in [4.69, 9.17) is 5.11 Å². The zero-order valence-electron chi connectivity index (χ0n) is 9.05. The molecule has 0 heterocycles. The number of rotatable bonds is 7. The van der Waals surface area contributed by atoms with E-state index in [2.05, 4.69) is 13.8 Å². The van der Waals surface area contributed by atoms with E-state index in [-0.39, 0.29) is 5.92 Å². The number of carbonyl (C=O) groups is 1. The van der Waals surface area contributed by atoms with E-state index in [1.165, 1.54) is 19.3 Å². The van der Waals surface area contributed by atoms with Gasteiger partial charge in [0.1, 0.15) is 0 Å². The summed E-state index contributed by atoms with van der Waals surface area (Å²) in [6.45, 7) is 6.16. The summed E-state index contributed by atoms with van der Waals surface area (Å²) in [5.41, 5.74) is 0. The van der Waals surface area contributed by atoms with Gasteiger partial charge in [0, 0.05) is 0 Å². The summed E-state index contributed by atoms with van der Waals surface area (Å²) in [5.74, 6) is -0.107. The second-order valence-electron chi connectivity index (χ2n) is 3.88. The Hall–Kier alpha value is -0.530. The normalized spacial score (nSPS) is 15.3. The molecule has 0 fully saturated rings. The van der Waals surface area contributed by atoms with E-state index in [9.17, 15) is 4.79 Å². The standard InChI is InChI=1S/C11H22O2/c1-4-6-10(5-2)8-7-9(3)11(12)13/h9-10H,4-8H2,1-3H3,(H,12,13)/t9?,10-/m0/s1.